The molecule has 8 nitrogen and oxygen atoms in total. The zero-order valence-electron chi connectivity index (χ0n) is 20.6. The molecule has 200 valence electrons. The molecule has 0 unspecified atom stereocenters. The molecule has 0 spiro atoms. The Morgan fingerprint density at radius 3 is 2.08 bits per heavy atom. The van der Waals surface area contributed by atoms with Gasteiger partial charge in [-0.2, -0.15) is 0 Å². The molecule has 10 heteroatoms. The Bertz CT molecular complexity index is 1250. The summed E-state index contributed by atoms with van der Waals surface area (Å²) in [4.78, 5) is 31.7. The number of halogens is 2. The highest BCUT2D eigenvalue weighted by Gasteiger charge is 2.15. The molecule has 0 saturated carbocycles. The molecule has 1 amide bonds. The summed E-state index contributed by atoms with van der Waals surface area (Å²) in [6, 6.07) is 18.7. The lowest BCUT2D eigenvalue weighted by Crippen LogP contribution is -2.16. The third-order valence-electron chi connectivity index (χ3n) is 5.82. The van der Waals surface area contributed by atoms with E-state index < -0.39 is 11.9 Å². The fourth-order valence-corrected chi connectivity index (χ4v) is 4.22. The van der Waals surface area contributed by atoms with Gasteiger partial charge in [0.1, 0.15) is 0 Å². The summed E-state index contributed by atoms with van der Waals surface area (Å²) in [5, 5.41) is 27.0. The van der Waals surface area contributed by atoms with Crippen molar-refractivity contribution in [3.63, 3.8) is 0 Å². The van der Waals surface area contributed by atoms with Gasteiger partial charge in [-0.05, 0) is 85.1 Å². The molecule has 38 heavy (non-hydrogen) atoms. The van der Waals surface area contributed by atoms with E-state index in [-0.39, 0.29) is 18.7 Å². The van der Waals surface area contributed by atoms with Crippen molar-refractivity contribution in [2.75, 3.05) is 23.7 Å². The second kappa shape index (κ2) is 14.4. The van der Waals surface area contributed by atoms with Gasteiger partial charge in [0.15, 0.2) is 0 Å². The number of amides is 1. The van der Waals surface area contributed by atoms with Crippen LogP contribution < -0.4 is 16.0 Å². The summed E-state index contributed by atoms with van der Waals surface area (Å²) >= 11 is 12.4. The Morgan fingerprint density at radius 2 is 1.45 bits per heavy atom. The maximum atomic E-state index is 12.4. The van der Waals surface area contributed by atoms with Crippen LogP contribution in [0.25, 0.3) is 0 Å². The highest BCUT2D eigenvalue weighted by atomic mass is 35.5. The molecule has 1 aliphatic rings. The largest absolute Gasteiger partial charge is 0.481 e. The minimum absolute atomic E-state index is 0.152. The average molecular weight is 558 g/mol. The summed E-state index contributed by atoms with van der Waals surface area (Å²) in [7, 11) is 0. The quantitative estimate of drug-likeness (QED) is 0.248. The molecule has 3 aromatic carbocycles. The van der Waals surface area contributed by atoms with E-state index in [0.29, 0.717) is 22.8 Å². The number of carbonyl (C=O) groups is 3. The van der Waals surface area contributed by atoms with Gasteiger partial charge in [0.25, 0.3) is 5.91 Å². The van der Waals surface area contributed by atoms with Gasteiger partial charge in [0, 0.05) is 22.8 Å². The number of aliphatic carboxylic acids is 2. The predicted octanol–water partition coefficient (Wildman–Crippen LogP) is 5.48. The molecule has 5 N–H and O–H groups in total. The maximum Gasteiger partial charge on any atom is 0.303 e. The van der Waals surface area contributed by atoms with Gasteiger partial charge in [-0.3, -0.25) is 14.4 Å². The molecule has 3 aromatic rings. The third-order valence-corrected chi connectivity index (χ3v) is 6.39. The topological polar surface area (TPSA) is 128 Å². The second-order valence-corrected chi connectivity index (χ2v) is 9.45. The van der Waals surface area contributed by atoms with Crippen LogP contribution in [-0.2, 0) is 29.0 Å². The van der Waals surface area contributed by atoms with Crippen LogP contribution in [0, 0.1) is 0 Å². The smallest absolute Gasteiger partial charge is 0.303 e. The van der Waals surface area contributed by atoms with Crippen LogP contribution in [0.15, 0.2) is 60.7 Å². The van der Waals surface area contributed by atoms with Gasteiger partial charge in [-0.1, -0.05) is 41.4 Å². The number of hydrogen-bond acceptors (Lipinski definition) is 5. The fraction of sp³-hybridized carbons (Fsp3) is 0.250. The standard InChI is InChI=1S/C24H23Cl2N3O.C4H6O4/c25-19-6-8-20(9-7-19)29-24(30)18-3-1-16(2-4-18)15-28-23-21-12-14-27-13-11-17(21)5-10-22(23)26;5-3(6)1-2-4(7)8/h1-10,27-28H,11-15H2,(H,29,30);1-2H2,(H,5,6)(H,7,8). The highest BCUT2D eigenvalue weighted by Crippen LogP contribution is 2.31. The highest BCUT2D eigenvalue weighted by molar-refractivity contribution is 6.33. The number of benzene rings is 3. The van der Waals surface area contributed by atoms with Crippen LogP contribution in [0.3, 0.4) is 0 Å². The Balaban J connectivity index is 0.000000436. The van der Waals surface area contributed by atoms with E-state index in [2.05, 4.69) is 22.0 Å². The lowest BCUT2D eigenvalue weighted by Gasteiger charge is -2.16. The summed E-state index contributed by atoms with van der Waals surface area (Å²) in [6.07, 6.45) is 1.38. The summed E-state index contributed by atoms with van der Waals surface area (Å²) < 4.78 is 0. The molecule has 0 aliphatic carbocycles. The Hall–Kier alpha value is -3.59. The van der Waals surface area contributed by atoms with E-state index in [1.807, 2.05) is 30.3 Å². The number of anilines is 2. The van der Waals surface area contributed by atoms with Gasteiger partial charge in [-0.15, -0.1) is 0 Å². The van der Waals surface area contributed by atoms with E-state index in [1.165, 1.54) is 11.1 Å². The normalized spacial score (nSPS) is 12.3. The van der Waals surface area contributed by atoms with Crippen molar-refractivity contribution in [3.05, 3.63) is 93.0 Å². The first-order chi connectivity index (χ1) is 18.2. The van der Waals surface area contributed by atoms with Gasteiger partial charge >= 0.3 is 11.9 Å². The van der Waals surface area contributed by atoms with Crippen LogP contribution in [0.4, 0.5) is 11.4 Å². The van der Waals surface area contributed by atoms with Crippen molar-refractivity contribution in [1.29, 1.82) is 0 Å². The zero-order chi connectivity index (χ0) is 27.5. The molecule has 0 fully saturated rings. The lowest BCUT2D eigenvalue weighted by molar-refractivity contribution is -0.143. The molecule has 1 heterocycles. The Labute approximate surface area is 231 Å². The van der Waals surface area contributed by atoms with Crippen molar-refractivity contribution in [3.8, 4) is 0 Å². The van der Waals surface area contributed by atoms with Crippen LogP contribution in [0.2, 0.25) is 10.0 Å². The minimum atomic E-state index is -1.08. The second-order valence-electron chi connectivity index (χ2n) is 8.61. The zero-order valence-corrected chi connectivity index (χ0v) is 22.1. The number of carboxylic acid groups (broad SMARTS) is 2. The van der Waals surface area contributed by atoms with Gasteiger partial charge < -0.3 is 26.2 Å². The first-order valence-electron chi connectivity index (χ1n) is 12.1. The third kappa shape index (κ3) is 9.06. The van der Waals surface area contributed by atoms with Crippen LogP contribution in [-0.4, -0.2) is 41.1 Å². The molecule has 0 atom stereocenters. The van der Waals surface area contributed by atoms with Crippen molar-refractivity contribution in [2.24, 2.45) is 0 Å². The van der Waals surface area contributed by atoms with Gasteiger partial charge in [0.2, 0.25) is 0 Å². The predicted molar refractivity (Wildman–Crippen MR) is 149 cm³/mol. The number of rotatable bonds is 8. The van der Waals surface area contributed by atoms with Crippen LogP contribution >= 0.6 is 23.2 Å². The van der Waals surface area contributed by atoms with E-state index >= 15 is 0 Å². The number of hydrogen-bond donors (Lipinski definition) is 5. The fourth-order valence-electron chi connectivity index (χ4n) is 3.85. The minimum Gasteiger partial charge on any atom is -0.481 e. The molecule has 0 aromatic heterocycles. The summed E-state index contributed by atoms with van der Waals surface area (Å²) in [5.74, 6) is -2.31. The van der Waals surface area contributed by atoms with Crippen molar-refractivity contribution < 1.29 is 24.6 Å². The first kappa shape index (κ1) is 29.0. The first-order valence-corrected chi connectivity index (χ1v) is 12.8. The van der Waals surface area contributed by atoms with E-state index in [4.69, 9.17) is 33.4 Å². The van der Waals surface area contributed by atoms with Crippen LogP contribution in [0.5, 0.6) is 0 Å². The molecular formula is C28H29Cl2N3O5. The molecule has 0 saturated heterocycles. The van der Waals surface area contributed by atoms with Crippen molar-refractivity contribution >= 4 is 52.4 Å². The van der Waals surface area contributed by atoms with Crippen LogP contribution in [0.1, 0.15) is 39.9 Å². The lowest BCUT2D eigenvalue weighted by atomic mass is 10.0. The molecule has 1 aliphatic heterocycles. The number of nitrogens with one attached hydrogen (secondary N) is 3. The summed E-state index contributed by atoms with van der Waals surface area (Å²) in [6.45, 7) is 2.59. The number of carboxylic acids is 2. The average Bonchev–Trinajstić information content (AvgIpc) is 3.15. The van der Waals surface area contributed by atoms with Crippen molar-refractivity contribution in [1.82, 2.24) is 5.32 Å². The number of fused-ring (bicyclic) bond motifs is 1. The Kier molecular flexibility index (Phi) is 11.0. The maximum absolute atomic E-state index is 12.4. The van der Waals surface area contributed by atoms with Gasteiger partial charge in [-0.25, -0.2) is 0 Å². The summed E-state index contributed by atoms with van der Waals surface area (Å²) in [5.41, 5.74) is 6.06. The molecule has 0 bridgehead atoms. The molecule has 0 radical (unpaired) electrons. The molecular weight excluding hydrogens is 529 g/mol. The van der Waals surface area contributed by atoms with E-state index in [0.717, 1.165) is 42.2 Å². The molecule has 4 rings (SSSR count). The van der Waals surface area contributed by atoms with Gasteiger partial charge in [0.05, 0.1) is 23.6 Å². The van der Waals surface area contributed by atoms with Crippen molar-refractivity contribution in [2.45, 2.75) is 32.2 Å². The number of carbonyl (C=O) groups excluding carboxylic acids is 1. The SMILES string of the molecule is O=C(Nc1ccc(Cl)cc1)c1ccc(CNc2c(Cl)ccc3c2CCNCC3)cc1.O=C(O)CCC(=O)O. The Morgan fingerprint density at radius 1 is 0.816 bits per heavy atom. The van der Waals surface area contributed by atoms with E-state index in [9.17, 15) is 14.4 Å². The van der Waals surface area contributed by atoms with E-state index in [1.54, 1.807) is 24.3 Å². The monoisotopic (exact) mass is 557 g/mol.